The highest BCUT2D eigenvalue weighted by atomic mass is 79.9. The fourth-order valence-corrected chi connectivity index (χ4v) is 4.15. The predicted octanol–water partition coefficient (Wildman–Crippen LogP) is 3.33. The molecule has 21 heavy (non-hydrogen) atoms. The van der Waals surface area contributed by atoms with Gasteiger partial charge in [-0.2, -0.15) is 0 Å². The van der Waals surface area contributed by atoms with Gasteiger partial charge in [-0.15, -0.1) is 0 Å². The second-order valence-electron chi connectivity index (χ2n) is 4.89. The van der Waals surface area contributed by atoms with Gasteiger partial charge in [0.25, 0.3) is 10.0 Å². The van der Waals surface area contributed by atoms with Crippen molar-refractivity contribution in [2.45, 2.75) is 25.3 Å². The van der Waals surface area contributed by atoms with Crippen molar-refractivity contribution in [3.63, 3.8) is 0 Å². The van der Waals surface area contributed by atoms with Gasteiger partial charge in [0.05, 0.1) is 5.69 Å². The monoisotopic (exact) mass is 368 g/mol. The third-order valence-electron chi connectivity index (χ3n) is 3.15. The Morgan fingerprint density at radius 2 is 1.86 bits per heavy atom. The number of halogens is 1. The van der Waals surface area contributed by atoms with E-state index in [1.807, 2.05) is 26.0 Å². The molecule has 4 nitrogen and oxygen atoms in total. The first-order chi connectivity index (χ1) is 9.83. The summed E-state index contributed by atoms with van der Waals surface area (Å²) in [5.74, 6) is 0. The second-order valence-corrected chi connectivity index (χ2v) is 7.40. The number of aryl methyl sites for hydroxylation is 2. The molecule has 0 fully saturated rings. The van der Waals surface area contributed by atoms with E-state index in [0.717, 1.165) is 16.7 Å². The molecular weight excluding hydrogens is 352 g/mol. The molecule has 0 amide bonds. The first-order valence-electron chi connectivity index (χ1n) is 6.42. The lowest BCUT2D eigenvalue weighted by Crippen LogP contribution is -2.15. The Kier molecular flexibility index (Phi) is 4.70. The average molecular weight is 369 g/mol. The Labute approximate surface area is 133 Å². The van der Waals surface area contributed by atoms with Crippen molar-refractivity contribution in [2.24, 2.45) is 5.73 Å². The van der Waals surface area contributed by atoms with E-state index in [-0.39, 0.29) is 4.90 Å². The minimum absolute atomic E-state index is 0.186. The summed E-state index contributed by atoms with van der Waals surface area (Å²) < 4.78 is 28.2. The van der Waals surface area contributed by atoms with E-state index in [2.05, 4.69) is 20.7 Å². The number of benzene rings is 2. The molecule has 0 bridgehead atoms. The molecule has 6 heteroatoms. The standard InChI is InChI=1S/C15H17BrN2O2S/c1-10-3-6-14(11(2)7-10)18-21(19,20)15-8-12(9-17)4-5-13(15)16/h3-8,18H,9,17H2,1-2H3. The molecule has 0 saturated heterocycles. The highest BCUT2D eigenvalue weighted by Crippen LogP contribution is 2.26. The van der Waals surface area contributed by atoms with Gasteiger partial charge in [-0.05, 0) is 59.1 Å². The van der Waals surface area contributed by atoms with Gasteiger partial charge < -0.3 is 5.73 Å². The molecule has 2 aromatic carbocycles. The van der Waals surface area contributed by atoms with Crippen LogP contribution in [0, 0.1) is 13.8 Å². The lowest BCUT2D eigenvalue weighted by molar-refractivity contribution is 0.600. The zero-order valence-corrected chi connectivity index (χ0v) is 14.3. The molecule has 112 valence electrons. The van der Waals surface area contributed by atoms with Gasteiger partial charge in [0.2, 0.25) is 0 Å². The van der Waals surface area contributed by atoms with Crippen molar-refractivity contribution in [1.29, 1.82) is 0 Å². The molecule has 0 aliphatic heterocycles. The van der Waals surface area contributed by atoms with Gasteiger partial charge in [0, 0.05) is 11.0 Å². The fourth-order valence-electron chi connectivity index (χ4n) is 2.01. The minimum Gasteiger partial charge on any atom is -0.326 e. The summed E-state index contributed by atoms with van der Waals surface area (Å²) in [6, 6.07) is 10.6. The number of nitrogens with two attached hydrogens (primary N) is 1. The number of nitrogens with one attached hydrogen (secondary N) is 1. The predicted molar refractivity (Wildman–Crippen MR) is 88.8 cm³/mol. The first kappa shape index (κ1) is 16.0. The summed E-state index contributed by atoms with van der Waals surface area (Å²) in [5.41, 5.74) is 8.88. The van der Waals surface area contributed by atoms with Gasteiger partial charge in [-0.1, -0.05) is 23.8 Å². The summed E-state index contributed by atoms with van der Waals surface area (Å²) >= 11 is 3.28. The Balaban J connectivity index is 2.43. The Hall–Kier alpha value is -1.37. The van der Waals surface area contributed by atoms with E-state index < -0.39 is 10.0 Å². The van der Waals surface area contributed by atoms with Gasteiger partial charge >= 0.3 is 0 Å². The summed E-state index contributed by atoms with van der Waals surface area (Å²) in [7, 11) is -3.66. The van der Waals surface area contributed by atoms with Crippen molar-refractivity contribution >= 4 is 31.6 Å². The SMILES string of the molecule is Cc1ccc(NS(=O)(=O)c2cc(CN)ccc2Br)c(C)c1. The molecule has 2 rings (SSSR count). The molecule has 0 atom stereocenters. The lowest BCUT2D eigenvalue weighted by Gasteiger charge is -2.13. The quantitative estimate of drug-likeness (QED) is 0.869. The van der Waals surface area contributed by atoms with Crippen LogP contribution in [-0.2, 0) is 16.6 Å². The summed E-state index contributed by atoms with van der Waals surface area (Å²) in [4.78, 5) is 0.186. The summed E-state index contributed by atoms with van der Waals surface area (Å²) in [6.07, 6.45) is 0. The third-order valence-corrected chi connectivity index (χ3v) is 5.51. The third kappa shape index (κ3) is 3.64. The van der Waals surface area contributed by atoms with Crippen LogP contribution in [0.15, 0.2) is 45.8 Å². The largest absolute Gasteiger partial charge is 0.326 e. The fraction of sp³-hybridized carbons (Fsp3) is 0.200. The zero-order valence-electron chi connectivity index (χ0n) is 11.9. The maximum Gasteiger partial charge on any atom is 0.263 e. The topological polar surface area (TPSA) is 72.2 Å². The van der Waals surface area contributed by atoms with E-state index in [4.69, 9.17) is 5.73 Å². The van der Waals surface area contributed by atoms with Crippen LogP contribution in [0.4, 0.5) is 5.69 Å². The molecule has 0 radical (unpaired) electrons. The highest BCUT2D eigenvalue weighted by molar-refractivity contribution is 9.10. The number of sulfonamides is 1. The number of hydrogen-bond acceptors (Lipinski definition) is 3. The molecule has 3 N–H and O–H groups in total. The van der Waals surface area contributed by atoms with Crippen LogP contribution in [0.25, 0.3) is 0 Å². The van der Waals surface area contributed by atoms with Gasteiger partial charge in [0.15, 0.2) is 0 Å². The van der Waals surface area contributed by atoms with Crippen LogP contribution in [-0.4, -0.2) is 8.42 Å². The van der Waals surface area contributed by atoms with Crippen molar-refractivity contribution in [2.75, 3.05) is 4.72 Å². The van der Waals surface area contributed by atoms with E-state index in [1.165, 1.54) is 0 Å². The van der Waals surface area contributed by atoms with Crippen LogP contribution in [0.3, 0.4) is 0 Å². The lowest BCUT2D eigenvalue weighted by atomic mass is 10.1. The molecule has 0 saturated carbocycles. The molecule has 0 heterocycles. The first-order valence-corrected chi connectivity index (χ1v) is 8.69. The Morgan fingerprint density at radius 1 is 1.14 bits per heavy atom. The molecular formula is C15H17BrN2O2S. The molecule has 0 unspecified atom stereocenters. The summed E-state index contributed by atoms with van der Waals surface area (Å²) in [6.45, 7) is 4.13. The van der Waals surface area contributed by atoms with Crippen LogP contribution in [0.1, 0.15) is 16.7 Å². The normalized spacial score (nSPS) is 11.4. The number of anilines is 1. The van der Waals surface area contributed by atoms with E-state index in [0.29, 0.717) is 16.7 Å². The highest BCUT2D eigenvalue weighted by Gasteiger charge is 2.19. The molecule has 0 aliphatic rings. The van der Waals surface area contributed by atoms with Crippen molar-refractivity contribution in [3.8, 4) is 0 Å². The number of rotatable bonds is 4. The number of hydrogen-bond donors (Lipinski definition) is 2. The average Bonchev–Trinajstić information content (AvgIpc) is 2.42. The zero-order chi connectivity index (χ0) is 15.6. The Morgan fingerprint density at radius 3 is 2.48 bits per heavy atom. The molecule has 0 aromatic heterocycles. The van der Waals surface area contributed by atoms with Crippen LogP contribution in [0.2, 0.25) is 0 Å². The van der Waals surface area contributed by atoms with E-state index in [1.54, 1.807) is 24.3 Å². The van der Waals surface area contributed by atoms with Crippen LogP contribution in [0.5, 0.6) is 0 Å². The minimum atomic E-state index is -3.66. The van der Waals surface area contributed by atoms with Crippen LogP contribution < -0.4 is 10.5 Å². The van der Waals surface area contributed by atoms with Gasteiger partial charge in [0.1, 0.15) is 4.90 Å². The maximum absolute atomic E-state index is 12.5. The summed E-state index contributed by atoms with van der Waals surface area (Å²) in [5, 5.41) is 0. The van der Waals surface area contributed by atoms with Gasteiger partial charge in [-0.25, -0.2) is 8.42 Å². The van der Waals surface area contributed by atoms with Gasteiger partial charge in [-0.3, -0.25) is 4.72 Å². The smallest absolute Gasteiger partial charge is 0.263 e. The van der Waals surface area contributed by atoms with E-state index in [9.17, 15) is 8.42 Å². The van der Waals surface area contributed by atoms with Crippen molar-refractivity contribution in [3.05, 3.63) is 57.6 Å². The Bertz CT molecular complexity index is 773. The maximum atomic E-state index is 12.5. The van der Waals surface area contributed by atoms with Crippen molar-refractivity contribution in [1.82, 2.24) is 0 Å². The van der Waals surface area contributed by atoms with Crippen molar-refractivity contribution < 1.29 is 8.42 Å². The second kappa shape index (κ2) is 6.17. The molecule has 0 spiro atoms. The molecule has 0 aliphatic carbocycles. The van der Waals surface area contributed by atoms with Crippen LogP contribution >= 0.6 is 15.9 Å². The van der Waals surface area contributed by atoms with E-state index >= 15 is 0 Å². The molecule has 2 aromatic rings.